The van der Waals surface area contributed by atoms with E-state index in [0.717, 1.165) is 27.6 Å². The molecular formula is C26H23ClN2O2S. The molecule has 0 unspecified atom stereocenters. The first-order chi connectivity index (χ1) is 15.5. The number of nitrogens with zero attached hydrogens (tertiary/aromatic N) is 1. The number of aromatic nitrogens is 1. The topological polar surface area (TPSA) is 51.2 Å². The van der Waals surface area contributed by atoms with Gasteiger partial charge in [0, 0.05) is 27.8 Å². The number of thiazole rings is 1. The fourth-order valence-electron chi connectivity index (χ4n) is 3.09. The molecule has 32 heavy (non-hydrogen) atoms. The third-order valence-electron chi connectivity index (χ3n) is 4.72. The van der Waals surface area contributed by atoms with Gasteiger partial charge in [-0.2, -0.15) is 0 Å². The summed E-state index contributed by atoms with van der Waals surface area (Å²) in [7, 11) is 0. The van der Waals surface area contributed by atoms with E-state index >= 15 is 0 Å². The average molecular weight is 463 g/mol. The molecule has 4 nitrogen and oxygen atoms in total. The maximum absolute atomic E-state index is 12.7. The third-order valence-corrected chi connectivity index (χ3v) is 5.93. The summed E-state index contributed by atoms with van der Waals surface area (Å²) >= 11 is 7.85. The van der Waals surface area contributed by atoms with Crippen LogP contribution in [0.15, 0.2) is 78.2 Å². The number of halogens is 1. The number of hydrogen-bond acceptors (Lipinski definition) is 4. The van der Waals surface area contributed by atoms with Crippen LogP contribution >= 0.6 is 22.9 Å². The summed E-state index contributed by atoms with van der Waals surface area (Å²) < 4.78 is 5.68. The number of hydrogen-bond donors (Lipinski definition) is 1. The summed E-state index contributed by atoms with van der Waals surface area (Å²) in [5, 5.41) is 6.49. The first-order valence-corrected chi connectivity index (χ1v) is 11.6. The molecule has 6 heteroatoms. The van der Waals surface area contributed by atoms with Crippen LogP contribution in [0.25, 0.3) is 21.8 Å². The lowest BCUT2D eigenvalue weighted by molar-refractivity contribution is 0.102. The number of carbonyl (C=O) groups is 1. The minimum absolute atomic E-state index is 0.174. The second kappa shape index (κ2) is 9.98. The molecule has 0 aliphatic rings. The number of ether oxygens (including phenoxy) is 1. The fourth-order valence-corrected chi connectivity index (χ4v) is 4.24. The quantitative estimate of drug-likeness (QED) is 0.311. The van der Waals surface area contributed by atoms with Crippen molar-refractivity contribution >= 4 is 34.5 Å². The van der Waals surface area contributed by atoms with Gasteiger partial charge in [-0.05, 0) is 48.4 Å². The van der Waals surface area contributed by atoms with Gasteiger partial charge in [0.05, 0.1) is 17.3 Å². The first-order valence-electron chi connectivity index (χ1n) is 10.3. The van der Waals surface area contributed by atoms with Gasteiger partial charge in [-0.3, -0.25) is 4.79 Å². The lowest BCUT2D eigenvalue weighted by Crippen LogP contribution is -2.12. The molecule has 3 aromatic carbocycles. The Kier molecular flexibility index (Phi) is 6.88. The Morgan fingerprint density at radius 3 is 2.59 bits per heavy atom. The highest BCUT2D eigenvalue weighted by Gasteiger charge is 2.11. The highest BCUT2D eigenvalue weighted by atomic mass is 35.5. The average Bonchev–Trinajstić information content (AvgIpc) is 3.28. The van der Waals surface area contributed by atoms with Crippen molar-refractivity contribution in [3.8, 4) is 27.6 Å². The van der Waals surface area contributed by atoms with Gasteiger partial charge in [0.1, 0.15) is 10.8 Å². The van der Waals surface area contributed by atoms with Crippen molar-refractivity contribution in [2.75, 3.05) is 11.9 Å². The minimum Gasteiger partial charge on any atom is -0.493 e. The molecule has 1 heterocycles. The number of benzene rings is 3. The summed E-state index contributed by atoms with van der Waals surface area (Å²) in [6.07, 6.45) is 0. The monoisotopic (exact) mass is 462 g/mol. The van der Waals surface area contributed by atoms with E-state index in [1.165, 1.54) is 0 Å². The molecule has 0 spiro atoms. The summed E-state index contributed by atoms with van der Waals surface area (Å²) in [4.78, 5) is 17.4. The van der Waals surface area contributed by atoms with Crippen LogP contribution in [0.5, 0.6) is 5.75 Å². The van der Waals surface area contributed by atoms with Crippen LogP contribution in [0.4, 0.5) is 5.69 Å². The predicted octanol–water partition coefficient (Wildman–Crippen LogP) is 7.42. The summed E-state index contributed by atoms with van der Waals surface area (Å²) in [5.74, 6) is 1.03. The van der Waals surface area contributed by atoms with Crippen molar-refractivity contribution in [1.29, 1.82) is 0 Å². The molecular weight excluding hydrogens is 440 g/mol. The molecule has 4 rings (SSSR count). The maximum atomic E-state index is 12.7. The largest absolute Gasteiger partial charge is 0.493 e. The molecule has 0 aliphatic carbocycles. The lowest BCUT2D eigenvalue weighted by Gasteiger charge is -2.10. The standard InChI is InChI=1S/C26H23ClN2O2S/c1-17(2)15-31-21-12-10-18(11-13-21)25(30)28-20-7-5-6-19(14-20)24-16-32-26(29-24)22-8-3-4-9-23(22)27/h3-14,16-17H,15H2,1-2H3,(H,28,30). The van der Waals surface area contributed by atoms with Crippen LogP contribution in [0.1, 0.15) is 24.2 Å². The van der Waals surface area contributed by atoms with E-state index in [4.69, 9.17) is 21.3 Å². The molecule has 0 saturated heterocycles. The summed E-state index contributed by atoms with van der Waals surface area (Å²) in [6, 6.07) is 22.5. The van der Waals surface area contributed by atoms with Crippen molar-refractivity contribution in [1.82, 2.24) is 4.98 Å². The number of carbonyl (C=O) groups excluding carboxylic acids is 1. The number of anilines is 1. The highest BCUT2D eigenvalue weighted by Crippen LogP contribution is 2.33. The Morgan fingerprint density at radius 1 is 1.06 bits per heavy atom. The highest BCUT2D eigenvalue weighted by molar-refractivity contribution is 7.13. The van der Waals surface area contributed by atoms with Crippen molar-refractivity contribution in [3.63, 3.8) is 0 Å². The molecule has 162 valence electrons. The van der Waals surface area contributed by atoms with Gasteiger partial charge in [-0.1, -0.05) is 55.8 Å². The molecule has 0 radical (unpaired) electrons. The van der Waals surface area contributed by atoms with Crippen LogP contribution in [0.2, 0.25) is 5.02 Å². The van der Waals surface area contributed by atoms with Gasteiger partial charge in [0.2, 0.25) is 0 Å². The van der Waals surface area contributed by atoms with Crippen LogP contribution in [0, 0.1) is 5.92 Å². The van der Waals surface area contributed by atoms with E-state index < -0.39 is 0 Å². The Hall–Kier alpha value is -3.15. The second-order valence-electron chi connectivity index (χ2n) is 7.78. The molecule has 4 aromatic rings. The summed E-state index contributed by atoms with van der Waals surface area (Å²) in [5.41, 5.74) is 3.96. The molecule has 1 N–H and O–H groups in total. The molecule has 0 bridgehead atoms. The zero-order chi connectivity index (χ0) is 22.5. The van der Waals surface area contributed by atoms with E-state index in [2.05, 4.69) is 19.2 Å². The summed E-state index contributed by atoms with van der Waals surface area (Å²) in [6.45, 7) is 4.84. The Morgan fingerprint density at radius 2 is 1.84 bits per heavy atom. The molecule has 0 atom stereocenters. The third kappa shape index (κ3) is 5.36. The number of amides is 1. The van der Waals surface area contributed by atoms with Crippen molar-refractivity contribution in [3.05, 3.63) is 88.8 Å². The molecule has 1 aromatic heterocycles. The van der Waals surface area contributed by atoms with Gasteiger partial charge in [0.25, 0.3) is 5.91 Å². The van der Waals surface area contributed by atoms with Crippen LogP contribution in [-0.4, -0.2) is 17.5 Å². The minimum atomic E-state index is -0.174. The van der Waals surface area contributed by atoms with E-state index in [1.807, 2.05) is 66.0 Å². The maximum Gasteiger partial charge on any atom is 0.255 e. The fraction of sp³-hybridized carbons (Fsp3) is 0.154. The van der Waals surface area contributed by atoms with E-state index in [-0.39, 0.29) is 5.91 Å². The molecule has 1 amide bonds. The molecule has 0 fully saturated rings. The van der Waals surface area contributed by atoms with Gasteiger partial charge in [-0.25, -0.2) is 4.98 Å². The SMILES string of the molecule is CC(C)COc1ccc(C(=O)Nc2cccc(-c3csc(-c4ccccc4Cl)n3)c2)cc1. The van der Waals surface area contributed by atoms with E-state index in [0.29, 0.717) is 28.8 Å². The normalized spacial score (nSPS) is 10.9. The van der Waals surface area contributed by atoms with Gasteiger partial charge >= 0.3 is 0 Å². The van der Waals surface area contributed by atoms with Crippen molar-refractivity contribution in [2.24, 2.45) is 5.92 Å². The van der Waals surface area contributed by atoms with Crippen LogP contribution in [0.3, 0.4) is 0 Å². The number of nitrogens with one attached hydrogen (secondary N) is 1. The van der Waals surface area contributed by atoms with Crippen LogP contribution < -0.4 is 10.1 Å². The Labute approximate surface area is 196 Å². The van der Waals surface area contributed by atoms with Crippen molar-refractivity contribution in [2.45, 2.75) is 13.8 Å². The first kappa shape index (κ1) is 22.1. The predicted molar refractivity (Wildman–Crippen MR) is 133 cm³/mol. The van der Waals surface area contributed by atoms with Gasteiger partial charge in [0.15, 0.2) is 0 Å². The zero-order valence-electron chi connectivity index (χ0n) is 17.8. The smallest absolute Gasteiger partial charge is 0.255 e. The number of rotatable bonds is 7. The Bertz CT molecular complexity index is 1220. The van der Waals surface area contributed by atoms with Gasteiger partial charge < -0.3 is 10.1 Å². The molecule has 0 aliphatic heterocycles. The molecule has 0 saturated carbocycles. The van der Waals surface area contributed by atoms with E-state index in [1.54, 1.807) is 23.5 Å². The lowest BCUT2D eigenvalue weighted by atomic mass is 10.1. The van der Waals surface area contributed by atoms with E-state index in [9.17, 15) is 4.79 Å². The van der Waals surface area contributed by atoms with Crippen molar-refractivity contribution < 1.29 is 9.53 Å². The second-order valence-corrected chi connectivity index (χ2v) is 9.05. The Balaban J connectivity index is 1.47. The zero-order valence-corrected chi connectivity index (χ0v) is 19.4. The van der Waals surface area contributed by atoms with Gasteiger partial charge in [-0.15, -0.1) is 11.3 Å². The van der Waals surface area contributed by atoms with Crippen LogP contribution in [-0.2, 0) is 0 Å².